The van der Waals surface area contributed by atoms with Gasteiger partial charge in [-0.05, 0) is 41.5 Å². The van der Waals surface area contributed by atoms with Crippen molar-refractivity contribution < 1.29 is 9.53 Å². The molecule has 0 unspecified atom stereocenters. The van der Waals surface area contributed by atoms with Crippen molar-refractivity contribution in [1.29, 1.82) is 0 Å². The van der Waals surface area contributed by atoms with E-state index in [0.717, 1.165) is 27.2 Å². The number of halogens is 1. The summed E-state index contributed by atoms with van der Waals surface area (Å²) in [5.41, 5.74) is 0.722. The molecule has 0 saturated heterocycles. The summed E-state index contributed by atoms with van der Waals surface area (Å²) in [5, 5.41) is 2.20. The van der Waals surface area contributed by atoms with Crippen LogP contribution in [0.5, 0.6) is 0 Å². The molecule has 2 aromatic rings. The molecule has 1 amide bonds. The minimum Gasteiger partial charge on any atom is -0.385 e. The van der Waals surface area contributed by atoms with Crippen LogP contribution in [0.3, 0.4) is 0 Å². The summed E-state index contributed by atoms with van der Waals surface area (Å²) in [6.45, 7) is 1.37. The number of hydrogen-bond donors (Lipinski definition) is 0. The summed E-state index contributed by atoms with van der Waals surface area (Å²) in [4.78, 5) is 14.1. The maximum Gasteiger partial charge on any atom is 0.253 e. The first-order valence-electron chi connectivity index (χ1n) is 6.55. The molecule has 0 heterocycles. The highest BCUT2D eigenvalue weighted by atomic mass is 79.9. The molecule has 20 heavy (non-hydrogen) atoms. The maximum atomic E-state index is 12.3. The van der Waals surface area contributed by atoms with E-state index in [1.54, 1.807) is 12.0 Å². The van der Waals surface area contributed by atoms with Crippen molar-refractivity contribution in [2.24, 2.45) is 0 Å². The zero-order valence-corrected chi connectivity index (χ0v) is 13.3. The summed E-state index contributed by atoms with van der Waals surface area (Å²) in [7, 11) is 3.49. The van der Waals surface area contributed by atoms with Crippen molar-refractivity contribution in [3.63, 3.8) is 0 Å². The lowest BCUT2D eigenvalue weighted by Gasteiger charge is -2.17. The Morgan fingerprint density at radius 1 is 1.20 bits per heavy atom. The largest absolute Gasteiger partial charge is 0.385 e. The fourth-order valence-corrected chi connectivity index (χ4v) is 2.50. The van der Waals surface area contributed by atoms with Crippen LogP contribution in [-0.2, 0) is 4.74 Å². The molecule has 2 aromatic carbocycles. The normalized spacial score (nSPS) is 10.8. The quantitative estimate of drug-likeness (QED) is 0.779. The van der Waals surface area contributed by atoms with E-state index in [0.29, 0.717) is 13.2 Å². The molecule has 0 aliphatic carbocycles. The van der Waals surface area contributed by atoms with Gasteiger partial charge >= 0.3 is 0 Å². The van der Waals surface area contributed by atoms with Crippen LogP contribution in [0.2, 0.25) is 0 Å². The minimum absolute atomic E-state index is 0.0471. The van der Waals surface area contributed by atoms with Crippen LogP contribution in [0.4, 0.5) is 0 Å². The highest BCUT2D eigenvalue weighted by Crippen LogP contribution is 2.21. The Hall–Kier alpha value is -1.39. The second-order valence-electron chi connectivity index (χ2n) is 4.78. The maximum absolute atomic E-state index is 12.3. The number of benzene rings is 2. The van der Waals surface area contributed by atoms with Crippen LogP contribution in [-0.4, -0.2) is 38.1 Å². The summed E-state index contributed by atoms with van der Waals surface area (Å²) < 4.78 is 6.05. The van der Waals surface area contributed by atoms with Gasteiger partial charge in [-0.25, -0.2) is 0 Å². The second-order valence-corrected chi connectivity index (χ2v) is 5.69. The third-order valence-electron chi connectivity index (χ3n) is 3.24. The molecule has 0 radical (unpaired) electrons. The van der Waals surface area contributed by atoms with Crippen molar-refractivity contribution >= 4 is 32.6 Å². The second kappa shape index (κ2) is 6.86. The van der Waals surface area contributed by atoms with Crippen LogP contribution >= 0.6 is 15.9 Å². The Morgan fingerprint density at radius 3 is 2.65 bits per heavy atom. The SMILES string of the molecule is COCCCN(C)C(=O)c1ccc2cc(Br)ccc2c1. The van der Waals surface area contributed by atoms with Gasteiger partial charge in [-0.15, -0.1) is 0 Å². The number of nitrogens with zero attached hydrogens (tertiary/aromatic N) is 1. The Bertz CT molecular complexity index is 612. The van der Waals surface area contributed by atoms with E-state index in [4.69, 9.17) is 4.74 Å². The first kappa shape index (κ1) is 15.0. The van der Waals surface area contributed by atoms with Gasteiger partial charge in [-0.2, -0.15) is 0 Å². The van der Waals surface area contributed by atoms with Gasteiger partial charge in [0.1, 0.15) is 0 Å². The standard InChI is InChI=1S/C16H18BrNO2/c1-18(8-3-9-20-2)16(19)14-5-4-13-11-15(17)7-6-12(13)10-14/h4-7,10-11H,3,8-9H2,1-2H3. The number of carbonyl (C=O) groups is 1. The first-order chi connectivity index (χ1) is 9.61. The van der Waals surface area contributed by atoms with Crippen LogP contribution in [0, 0.1) is 0 Å². The molecule has 0 bridgehead atoms. The summed E-state index contributed by atoms with van der Waals surface area (Å²) in [6, 6.07) is 11.9. The van der Waals surface area contributed by atoms with Crippen molar-refractivity contribution in [2.45, 2.75) is 6.42 Å². The number of hydrogen-bond acceptors (Lipinski definition) is 2. The van der Waals surface area contributed by atoms with E-state index >= 15 is 0 Å². The van der Waals surface area contributed by atoms with Crippen molar-refractivity contribution in [3.8, 4) is 0 Å². The number of ether oxygens (including phenoxy) is 1. The topological polar surface area (TPSA) is 29.5 Å². The van der Waals surface area contributed by atoms with E-state index in [1.807, 2.05) is 43.4 Å². The highest BCUT2D eigenvalue weighted by molar-refractivity contribution is 9.10. The third-order valence-corrected chi connectivity index (χ3v) is 3.73. The molecule has 0 aliphatic rings. The van der Waals surface area contributed by atoms with Gasteiger partial charge < -0.3 is 9.64 Å². The molecular weight excluding hydrogens is 318 g/mol. The fraction of sp³-hybridized carbons (Fsp3) is 0.312. The predicted octanol–water partition coefficient (Wildman–Crippen LogP) is 3.71. The molecule has 4 heteroatoms. The Kier molecular flexibility index (Phi) is 5.15. The average molecular weight is 336 g/mol. The number of fused-ring (bicyclic) bond motifs is 1. The van der Waals surface area contributed by atoms with Gasteiger partial charge in [0.2, 0.25) is 0 Å². The highest BCUT2D eigenvalue weighted by Gasteiger charge is 2.11. The minimum atomic E-state index is 0.0471. The summed E-state index contributed by atoms with van der Waals surface area (Å²) in [6.07, 6.45) is 0.846. The molecule has 0 fully saturated rings. The average Bonchev–Trinajstić information content (AvgIpc) is 2.46. The van der Waals surface area contributed by atoms with E-state index in [-0.39, 0.29) is 5.91 Å². The molecule has 2 rings (SSSR count). The number of rotatable bonds is 5. The lowest BCUT2D eigenvalue weighted by molar-refractivity contribution is 0.0779. The molecule has 3 nitrogen and oxygen atoms in total. The van der Waals surface area contributed by atoms with Gasteiger partial charge in [0.15, 0.2) is 0 Å². The molecular formula is C16H18BrNO2. The molecule has 0 saturated carbocycles. The first-order valence-corrected chi connectivity index (χ1v) is 7.35. The smallest absolute Gasteiger partial charge is 0.253 e. The molecule has 0 spiro atoms. The number of carbonyl (C=O) groups excluding carboxylic acids is 1. The zero-order chi connectivity index (χ0) is 14.5. The van der Waals surface area contributed by atoms with E-state index in [2.05, 4.69) is 15.9 Å². The van der Waals surface area contributed by atoms with Gasteiger partial charge in [-0.3, -0.25) is 4.79 Å². The summed E-state index contributed by atoms with van der Waals surface area (Å²) >= 11 is 3.45. The predicted molar refractivity (Wildman–Crippen MR) is 85.1 cm³/mol. The molecule has 0 aliphatic heterocycles. The van der Waals surface area contributed by atoms with Crippen molar-refractivity contribution in [1.82, 2.24) is 4.90 Å². The van der Waals surface area contributed by atoms with E-state index < -0.39 is 0 Å². The fourth-order valence-electron chi connectivity index (χ4n) is 2.12. The monoisotopic (exact) mass is 335 g/mol. The van der Waals surface area contributed by atoms with Gasteiger partial charge in [0, 0.05) is 37.3 Å². The Labute approximate surface area is 127 Å². The number of amides is 1. The van der Waals surface area contributed by atoms with Crippen LogP contribution in [0.25, 0.3) is 10.8 Å². The van der Waals surface area contributed by atoms with Gasteiger partial charge in [-0.1, -0.05) is 28.1 Å². The Morgan fingerprint density at radius 2 is 1.90 bits per heavy atom. The molecule has 0 N–H and O–H groups in total. The van der Waals surface area contributed by atoms with Gasteiger partial charge in [0.25, 0.3) is 5.91 Å². The van der Waals surface area contributed by atoms with Gasteiger partial charge in [0.05, 0.1) is 0 Å². The lowest BCUT2D eigenvalue weighted by Crippen LogP contribution is -2.28. The number of methoxy groups -OCH3 is 1. The van der Waals surface area contributed by atoms with Crippen LogP contribution in [0.1, 0.15) is 16.8 Å². The molecule has 106 valence electrons. The molecule has 0 aromatic heterocycles. The molecule has 0 atom stereocenters. The van der Waals surface area contributed by atoms with E-state index in [9.17, 15) is 4.79 Å². The third kappa shape index (κ3) is 3.58. The van der Waals surface area contributed by atoms with Crippen molar-refractivity contribution in [2.75, 3.05) is 27.3 Å². The van der Waals surface area contributed by atoms with Crippen molar-refractivity contribution in [3.05, 3.63) is 46.4 Å². The van der Waals surface area contributed by atoms with Crippen LogP contribution < -0.4 is 0 Å². The summed E-state index contributed by atoms with van der Waals surface area (Å²) in [5.74, 6) is 0.0471. The van der Waals surface area contributed by atoms with Crippen LogP contribution in [0.15, 0.2) is 40.9 Å². The lowest BCUT2D eigenvalue weighted by atomic mass is 10.1. The Balaban J connectivity index is 2.15. The van der Waals surface area contributed by atoms with E-state index in [1.165, 1.54) is 0 Å². The zero-order valence-electron chi connectivity index (χ0n) is 11.7.